The first-order valence-electron chi connectivity index (χ1n) is 10.0. The number of fused-ring (bicyclic) bond motifs is 1. The zero-order valence-electron chi connectivity index (χ0n) is 17.6. The van der Waals surface area contributed by atoms with Gasteiger partial charge in [0.2, 0.25) is 0 Å². The lowest BCUT2D eigenvalue weighted by Gasteiger charge is -2.37. The fourth-order valence-corrected chi connectivity index (χ4v) is 3.71. The Bertz CT molecular complexity index is 1020. The van der Waals surface area contributed by atoms with Crippen LogP contribution in [0.25, 0.3) is 0 Å². The van der Waals surface area contributed by atoms with Crippen molar-refractivity contribution in [2.45, 2.75) is 50.2 Å². The van der Waals surface area contributed by atoms with Gasteiger partial charge in [0.1, 0.15) is 35.6 Å². The predicted molar refractivity (Wildman–Crippen MR) is 105 cm³/mol. The fraction of sp³-hybridized carbons (Fsp3) is 0.500. The molecule has 0 radical (unpaired) electrons. The van der Waals surface area contributed by atoms with Gasteiger partial charge in [-0.2, -0.15) is 13.2 Å². The second kappa shape index (κ2) is 8.80. The summed E-state index contributed by atoms with van der Waals surface area (Å²) in [6, 6.07) is 1.54. The molecule has 0 unspecified atom stereocenters. The number of amides is 1. The molecule has 9 nitrogen and oxygen atoms in total. The molecular weight excluding hydrogens is 450 g/mol. The van der Waals surface area contributed by atoms with Crippen molar-refractivity contribution in [2.75, 3.05) is 18.5 Å². The van der Waals surface area contributed by atoms with Crippen molar-refractivity contribution in [2.24, 2.45) is 0 Å². The normalized spacial score (nSPS) is 26.5. The van der Waals surface area contributed by atoms with Crippen molar-refractivity contribution >= 4 is 11.7 Å². The highest BCUT2D eigenvalue weighted by Gasteiger charge is 2.52. The minimum absolute atomic E-state index is 0.0215. The van der Waals surface area contributed by atoms with E-state index >= 15 is 0 Å². The van der Waals surface area contributed by atoms with E-state index in [1.165, 1.54) is 12.4 Å². The van der Waals surface area contributed by atoms with E-state index in [0.29, 0.717) is 6.20 Å². The minimum atomic E-state index is -4.63. The zero-order chi connectivity index (χ0) is 23.8. The molecule has 0 bridgehead atoms. The average molecular weight is 471 g/mol. The molecule has 178 valence electrons. The minimum Gasteiger partial charge on any atom is -0.371 e. The molecule has 2 aliphatic rings. The van der Waals surface area contributed by atoms with Crippen LogP contribution in [-0.2, 0) is 20.4 Å². The van der Waals surface area contributed by atoms with E-state index in [1.54, 1.807) is 13.8 Å². The third-order valence-electron chi connectivity index (χ3n) is 5.09. The Morgan fingerprint density at radius 2 is 2.00 bits per heavy atom. The van der Waals surface area contributed by atoms with Crippen LogP contribution >= 0.6 is 0 Å². The number of pyridine rings is 1. The number of alkyl halides is 3. The number of rotatable bonds is 5. The third-order valence-corrected chi connectivity index (χ3v) is 5.09. The SMILES string of the molecule is CC1(C)O[C@@H]2[C@H](O1)[C@@H](Nc1cncc(C(F)(F)F)n1)CO[C@@H]2CNC(=O)c1cc(F)ccn1. The van der Waals surface area contributed by atoms with Crippen molar-refractivity contribution in [1.82, 2.24) is 20.3 Å². The molecule has 0 spiro atoms. The van der Waals surface area contributed by atoms with Gasteiger partial charge < -0.3 is 24.8 Å². The first-order valence-corrected chi connectivity index (χ1v) is 10.0. The van der Waals surface area contributed by atoms with E-state index in [2.05, 4.69) is 25.6 Å². The average Bonchev–Trinajstić information content (AvgIpc) is 3.08. The number of carbonyl (C=O) groups excluding carboxylic acids is 1. The molecule has 2 aromatic rings. The van der Waals surface area contributed by atoms with E-state index in [0.717, 1.165) is 12.1 Å². The van der Waals surface area contributed by atoms with Gasteiger partial charge >= 0.3 is 6.18 Å². The predicted octanol–water partition coefficient (Wildman–Crippen LogP) is 2.16. The lowest BCUT2D eigenvalue weighted by atomic mass is 9.98. The van der Waals surface area contributed by atoms with Gasteiger partial charge in [-0.05, 0) is 19.9 Å². The molecule has 2 aliphatic heterocycles. The van der Waals surface area contributed by atoms with Crippen molar-refractivity contribution in [3.63, 3.8) is 0 Å². The molecule has 4 heterocycles. The van der Waals surface area contributed by atoms with Gasteiger partial charge in [-0.3, -0.25) is 14.8 Å². The maximum Gasteiger partial charge on any atom is 0.434 e. The Morgan fingerprint density at radius 3 is 2.73 bits per heavy atom. The Balaban J connectivity index is 1.44. The number of aromatic nitrogens is 3. The fourth-order valence-electron chi connectivity index (χ4n) is 3.71. The number of halogens is 4. The van der Waals surface area contributed by atoms with Crippen LogP contribution in [0.1, 0.15) is 30.0 Å². The molecule has 4 atom stereocenters. The van der Waals surface area contributed by atoms with Crippen molar-refractivity contribution in [3.8, 4) is 0 Å². The Hall–Kier alpha value is -2.90. The summed E-state index contributed by atoms with van der Waals surface area (Å²) in [5, 5.41) is 5.51. The summed E-state index contributed by atoms with van der Waals surface area (Å²) in [6.45, 7) is 3.45. The topological polar surface area (TPSA) is 107 Å². The van der Waals surface area contributed by atoms with Gasteiger partial charge in [-0.1, -0.05) is 0 Å². The molecule has 2 saturated heterocycles. The summed E-state index contributed by atoms with van der Waals surface area (Å²) in [7, 11) is 0. The highest BCUT2D eigenvalue weighted by molar-refractivity contribution is 5.92. The number of nitrogens with one attached hydrogen (secondary N) is 2. The van der Waals surface area contributed by atoms with E-state index in [4.69, 9.17) is 14.2 Å². The molecule has 33 heavy (non-hydrogen) atoms. The first-order chi connectivity index (χ1) is 15.5. The summed E-state index contributed by atoms with van der Waals surface area (Å²) < 4.78 is 69.9. The number of carbonyl (C=O) groups is 1. The van der Waals surface area contributed by atoms with Crippen LogP contribution in [0.2, 0.25) is 0 Å². The molecule has 2 fully saturated rings. The summed E-state index contributed by atoms with van der Waals surface area (Å²) in [4.78, 5) is 23.3. The molecule has 2 aromatic heterocycles. The number of ether oxygens (including phenoxy) is 3. The second-order valence-corrected chi connectivity index (χ2v) is 8.04. The number of nitrogens with zero attached hydrogens (tertiary/aromatic N) is 3. The first kappa shape index (κ1) is 23.3. The summed E-state index contributed by atoms with van der Waals surface area (Å²) in [5.41, 5.74) is -1.22. The molecule has 13 heteroatoms. The maximum absolute atomic E-state index is 13.3. The Labute approximate surface area is 185 Å². The van der Waals surface area contributed by atoms with Gasteiger partial charge in [0, 0.05) is 18.8 Å². The van der Waals surface area contributed by atoms with Crippen molar-refractivity contribution < 1.29 is 36.6 Å². The van der Waals surface area contributed by atoms with E-state index in [9.17, 15) is 22.4 Å². The summed E-state index contributed by atoms with van der Waals surface area (Å²) >= 11 is 0. The van der Waals surface area contributed by atoms with Gasteiger partial charge in [0.15, 0.2) is 11.5 Å². The summed E-state index contributed by atoms with van der Waals surface area (Å²) in [6.07, 6.45) is -3.53. The highest BCUT2D eigenvalue weighted by atomic mass is 19.4. The molecule has 2 N–H and O–H groups in total. The quantitative estimate of drug-likeness (QED) is 0.639. The van der Waals surface area contributed by atoms with Crippen molar-refractivity contribution in [3.05, 3.63) is 47.9 Å². The third kappa shape index (κ3) is 5.37. The van der Waals surface area contributed by atoms with E-state index in [1.807, 2.05) is 0 Å². The van der Waals surface area contributed by atoms with Gasteiger partial charge in [0.25, 0.3) is 5.91 Å². The molecular formula is C20H21F4N5O4. The molecule has 0 aliphatic carbocycles. The second-order valence-electron chi connectivity index (χ2n) is 8.04. The van der Waals surface area contributed by atoms with Gasteiger partial charge in [-0.15, -0.1) is 0 Å². The Kier molecular flexibility index (Phi) is 6.20. The van der Waals surface area contributed by atoms with Crippen LogP contribution in [-0.4, -0.2) is 64.2 Å². The maximum atomic E-state index is 13.3. The number of hydrogen-bond donors (Lipinski definition) is 2. The van der Waals surface area contributed by atoms with Crippen LogP contribution in [0.5, 0.6) is 0 Å². The lowest BCUT2D eigenvalue weighted by Crippen LogP contribution is -2.57. The molecule has 1 amide bonds. The lowest BCUT2D eigenvalue weighted by molar-refractivity contribution is -0.153. The zero-order valence-corrected chi connectivity index (χ0v) is 17.6. The van der Waals surface area contributed by atoms with Crippen LogP contribution in [0.4, 0.5) is 23.4 Å². The number of hydrogen-bond acceptors (Lipinski definition) is 8. The largest absolute Gasteiger partial charge is 0.434 e. The standard InChI is InChI=1S/C20H21F4N5O4/c1-19(2)32-16-12(28-15-8-25-7-14(29-15)20(22,23)24)9-31-13(17(16)33-19)6-27-18(30)11-5-10(21)3-4-26-11/h3-5,7-8,12-13,16-17H,6,9H2,1-2H3,(H,27,30)(H,28,29)/t12-,13+,16+,17-/m0/s1. The van der Waals surface area contributed by atoms with Gasteiger partial charge in [-0.25, -0.2) is 9.37 Å². The van der Waals surface area contributed by atoms with Gasteiger partial charge in [0.05, 0.1) is 25.0 Å². The molecule has 4 rings (SSSR count). The van der Waals surface area contributed by atoms with Crippen LogP contribution < -0.4 is 10.6 Å². The van der Waals surface area contributed by atoms with E-state index < -0.39 is 53.7 Å². The molecule has 0 aromatic carbocycles. The van der Waals surface area contributed by atoms with Crippen LogP contribution in [0, 0.1) is 5.82 Å². The van der Waals surface area contributed by atoms with E-state index in [-0.39, 0.29) is 24.7 Å². The van der Waals surface area contributed by atoms with Crippen LogP contribution in [0.3, 0.4) is 0 Å². The smallest absolute Gasteiger partial charge is 0.371 e. The number of anilines is 1. The highest BCUT2D eigenvalue weighted by Crippen LogP contribution is 2.36. The van der Waals surface area contributed by atoms with Crippen molar-refractivity contribution in [1.29, 1.82) is 0 Å². The summed E-state index contributed by atoms with van der Waals surface area (Å²) in [5.74, 6) is -2.26. The Morgan fingerprint density at radius 1 is 1.24 bits per heavy atom. The monoisotopic (exact) mass is 471 g/mol. The molecule has 0 saturated carbocycles. The van der Waals surface area contributed by atoms with Crippen LogP contribution in [0.15, 0.2) is 30.7 Å².